The van der Waals surface area contributed by atoms with Gasteiger partial charge in [-0.05, 0) is 57.1 Å². The van der Waals surface area contributed by atoms with Crippen molar-refractivity contribution in [2.24, 2.45) is 5.92 Å². The molecule has 0 radical (unpaired) electrons. The van der Waals surface area contributed by atoms with Crippen LogP contribution in [-0.4, -0.2) is 34.8 Å². The lowest BCUT2D eigenvalue weighted by atomic mass is 9.74. The van der Waals surface area contributed by atoms with Gasteiger partial charge in [0, 0.05) is 13.1 Å². The Balaban J connectivity index is 2.21. The maximum Gasteiger partial charge on any atom is 0.408 e. The van der Waals surface area contributed by atoms with E-state index in [-0.39, 0.29) is 23.8 Å². The fraction of sp³-hybridized carbons (Fsp3) is 0.632. The molecule has 4 atom stereocenters. The Bertz CT molecular complexity index is 656. The maximum absolute atomic E-state index is 12.3. The molecule has 7 heteroatoms. The minimum absolute atomic E-state index is 0.0603. The van der Waals surface area contributed by atoms with Gasteiger partial charge in [0.15, 0.2) is 0 Å². The van der Waals surface area contributed by atoms with E-state index in [2.05, 4.69) is 10.3 Å². The molecule has 0 bridgehead atoms. The van der Waals surface area contributed by atoms with Crippen molar-refractivity contribution in [3.63, 3.8) is 0 Å². The van der Waals surface area contributed by atoms with E-state index in [0.29, 0.717) is 12.1 Å². The number of aromatic nitrogens is 1. The lowest BCUT2D eigenvalue weighted by Crippen LogP contribution is -2.52. The van der Waals surface area contributed by atoms with Gasteiger partial charge in [0.1, 0.15) is 11.7 Å². The van der Waals surface area contributed by atoms with Crippen LogP contribution in [0.5, 0.6) is 0 Å². The summed E-state index contributed by atoms with van der Waals surface area (Å²) in [6.07, 6.45) is 3.84. The summed E-state index contributed by atoms with van der Waals surface area (Å²) in [7, 11) is 0. The SMILES string of the molecule is CC(=O)O[C@H]1[C@H](C)C[C@H](c2ccncc2N)C[C@H]1NC(=O)OC(C)(C)C. The van der Waals surface area contributed by atoms with Crippen LogP contribution in [0.4, 0.5) is 10.5 Å². The standard InChI is InChI=1S/C19H29N3O4/c1-11-8-13(14-6-7-21-10-15(14)20)9-16(17(11)25-12(2)23)22-18(24)26-19(3,4)5/h6-7,10-11,13,16-17H,8-9,20H2,1-5H3,(H,22,24)/t11-,13+,16-,17+/m1/s1. The Morgan fingerprint density at radius 1 is 1.31 bits per heavy atom. The minimum atomic E-state index is -0.601. The molecule has 0 unspecified atom stereocenters. The van der Waals surface area contributed by atoms with Crippen LogP contribution in [0.25, 0.3) is 0 Å². The third kappa shape index (κ3) is 5.34. The Labute approximate surface area is 154 Å². The van der Waals surface area contributed by atoms with Gasteiger partial charge < -0.3 is 20.5 Å². The van der Waals surface area contributed by atoms with Crippen molar-refractivity contribution < 1.29 is 19.1 Å². The van der Waals surface area contributed by atoms with Crippen molar-refractivity contribution in [1.82, 2.24) is 10.3 Å². The van der Waals surface area contributed by atoms with E-state index in [1.54, 1.807) is 33.2 Å². The average molecular weight is 363 g/mol. The summed E-state index contributed by atoms with van der Waals surface area (Å²) in [5, 5.41) is 2.89. The number of hydrogen-bond acceptors (Lipinski definition) is 6. The normalized spacial score (nSPS) is 26.0. The van der Waals surface area contributed by atoms with Gasteiger partial charge in [0.25, 0.3) is 0 Å². The Morgan fingerprint density at radius 3 is 2.58 bits per heavy atom. The fourth-order valence-corrected chi connectivity index (χ4v) is 3.55. The number of nitrogens with one attached hydrogen (secondary N) is 1. The molecule has 2 rings (SSSR count). The van der Waals surface area contributed by atoms with Crippen molar-refractivity contribution in [1.29, 1.82) is 0 Å². The minimum Gasteiger partial charge on any atom is -0.460 e. The molecule has 0 saturated heterocycles. The van der Waals surface area contributed by atoms with Crippen molar-refractivity contribution in [3.8, 4) is 0 Å². The molecule has 1 aliphatic rings. The average Bonchev–Trinajstić information content (AvgIpc) is 2.48. The highest BCUT2D eigenvalue weighted by molar-refractivity contribution is 5.69. The van der Waals surface area contributed by atoms with Gasteiger partial charge in [-0.1, -0.05) is 6.92 Å². The van der Waals surface area contributed by atoms with Gasteiger partial charge in [0.2, 0.25) is 0 Å². The van der Waals surface area contributed by atoms with Crippen LogP contribution in [0, 0.1) is 5.92 Å². The van der Waals surface area contributed by atoms with Crippen molar-refractivity contribution in [3.05, 3.63) is 24.0 Å². The number of nitrogens with two attached hydrogens (primary N) is 1. The van der Waals surface area contributed by atoms with Gasteiger partial charge in [-0.15, -0.1) is 0 Å². The number of pyridine rings is 1. The van der Waals surface area contributed by atoms with Crippen LogP contribution in [-0.2, 0) is 14.3 Å². The summed E-state index contributed by atoms with van der Waals surface area (Å²) in [5.74, 6) is -0.162. The molecular weight excluding hydrogens is 334 g/mol. The molecule has 0 aliphatic heterocycles. The van der Waals surface area contributed by atoms with Crippen LogP contribution in [0.2, 0.25) is 0 Å². The van der Waals surface area contributed by atoms with E-state index < -0.39 is 17.8 Å². The number of carbonyl (C=O) groups is 2. The second kappa shape index (κ2) is 7.93. The van der Waals surface area contributed by atoms with E-state index >= 15 is 0 Å². The molecule has 1 aromatic heterocycles. The summed E-state index contributed by atoms with van der Waals surface area (Å²) >= 11 is 0. The third-order valence-electron chi connectivity index (χ3n) is 4.48. The first-order valence-corrected chi connectivity index (χ1v) is 8.93. The van der Waals surface area contributed by atoms with Gasteiger partial charge in [-0.3, -0.25) is 9.78 Å². The van der Waals surface area contributed by atoms with E-state index in [1.165, 1.54) is 6.92 Å². The lowest BCUT2D eigenvalue weighted by molar-refractivity contribution is -0.152. The fourth-order valence-electron chi connectivity index (χ4n) is 3.55. The van der Waals surface area contributed by atoms with E-state index in [0.717, 1.165) is 12.0 Å². The van der Waals surface area contributed by atoms with Crippen LogP contribution in [0.15, 0.2) is 18.5 Å². The largest absolute Gasteiger partial charge is 0.460 e. The second-order valence-corrected chi connectivity index (χ2v) is 7.98. The number of nitrogen functional groups attached to an aromatic ring is 1. The quantitative estimate of drug-likeness (QED) is 0.800. The highest BCUT2D eigenvalue weighted by Gasteiger charge is 2.40. The van der Waals surface area contributed by atoms with Gasteiger partial charge in [0.05, 0.1) is 17.9 Å². The number of hydrogen-bond donors (Lipinski definition) is 2. The van der Waals surface area contributed by atoms with Crippen LogP contribution >= 0.6 is 0 Å². The Kier molecular flexibility index (Phi) is 6.10. The van der Waals surface area contributed by atoms with E-state index in [9.17, 15) is 9.59 Å². The third-order valence-corrected chi connectivity index (χ3v) is 4.48. The first-order chi connectivity index (χ1) is 12.1. The molecular formula is C19H29N3O4. The highest BCUT2D eigenvalue weighted by atomic mass is 16.6. The van der Waals surface area contributed by atoms with E-state index in [4.69, 9.17) is 15.2 Å². The zero-order valence-corrected chi connectivity index (χ0v) is 16.1. The molecule has 1 amide bonds. The lowest BCUT2D eigenvalue weighted by Gasteiger charge is -2.40. The Hall–Kier alpha value is -2.31. The highest BCUT2D eigenvalue weighted by Crippen LogP contribution is 2.39. The number of nitrogens with zero attached hydrogens (tertiary/aromatic N) is 1. The van der Waals surface area contributed by atoms with Crippen LogP contribution in [0.3, 0.4) is 0 Å². The molecule has 7 nitrogen and oxygen atoms in total. The number of anilines is 1. The first-order valence-electron chi connectivity index (χ1n) is 8.93. The molecule has 1 saturated carbocycles. The molecule has 144 valence electrons. The molecule has 1 aromatic rings. The molecule has 26 heavy (non-hydrogen) atoms. The summed E-state index contributed by atoms with van der Waals surface area (Å²) in [4.78, 5) is 27.8. The van der Waals surface area contributed by atoms with Crippen molar-refractivity contribution in [2.45, 2.75) is 71.1 Å². The van der Waals surface area contributed by atoms with Gasteiger partial charge >= 0.3 is 12.1 Å². The number of esters is 1. The summed E-state index contributed by atoms with van der Waals surface area (Å²) in [5.41, 5.74) is 7.12. The topological polar surface area (TPSA) is 104 Å². The monoisotopic (exact) mass is 363 g/mol. The molecule has 0 spiro atoms. The summed E-state index contributed by atoms with van der Waals surface area (Å²) in [6.45, 7) is 8.81. The van der Waals surface area contributed by atoms with Gasteiger partial charge in [-0.2, -0.15) is 0 Å². The van der Waals surface area contributed by atoms with Crippen LogP contribution < -0.4 is 11.1 Å². The first kappa shape index (κ1) is 20.0. The predicted molar refractivity (Wildman–Crippen MR) is 98.5 cm³/mol. The smallest absolute Gasteiger partial charge is 0.408 e. The summed E-state index contributed by atoms with van der Waals surface area (Å²) in [6, 6.07) is 1.55. The second-order valence-electron chi connectivity index (χ2n) is 7.98. The zero-order valence-electron chi connectivity index (χ0n) is 16.1. The van der Waals surface area contributed by atoms with Crippen LogP contribution in [0.1, 0.15) is 58.9 Å². The molecule has 3 N–H and O–H groups in total. The van der Waals surface area contributed by atoms with E-state index in [1.807, 2.05) is 13.0 Å². The summed E-state index contributed by atoms with van der Waals surface area (Å²) < 4.78 is 10.9. The maximum atomic E-state index is 12.3. The number of amides is 1. The number of carbonyl (C=O) groups excluding carboxylic acids is 2. The number of alkyl carbamates (subject to hydrolysis) is 1. The van der Waals surface area contributed by atoms with Crippen molar-refractivity contribution >= 4 is 17.7 Å². The number of rotatable bonds is 3. The predicted octanol–water partition coefficient (Wildman–Crippen LogP) is 3.00. The zero-order chi connectivity index (χ0) is 19.5. The molecule has 1 fully saturated rings. The Morgan fingerprint density at radius 2 is 2.00 bits per heavy atom. The van der Waals surface area contributed by atoms with Crippen molar-refractivity contribution in [2.75, 3.05) is 5.73 Å². The molecule has 0 aromatic carbocycles. The van der Waals surface area contributed by atoms with Gasteiger partial charge in [-0.25, -0.2) is 4.79 Å². The number of ether oxygens (including phenoxy) is 2. The molecule has 1 aliphatic carbocycles. The molecule has 1 heterocycles.